The highest BCUT2D eigenvalue weighted by Crippen LogP contribution is 2.28. The van der Waals surface area contributed by atoms with Gasteiger partial charge in [-0.1, -0.05) is 17.7 Å². The van der Waals surface area contributed by atoms with Crippen LogP contribution in [-0.2, 0) is 9.47 Å². The molecule has 0 saturated carbocycles. The van der Waals surface area contributed by atoms with E-state index in [0.717, 1.165) is 18.8 Å². The Morgan fingerprint density at radius 2 is 2.12 bits per heavy atom. The molecule has 92 valence electrons. The number of ether oxygens (including phenoxy) is 2. The second kappa shape index (κ2) is 5.38. The van der Waals surface area contributed by atoms with Crippen LogP contribution < -0.4 is 4.90 Å². The van der Waals surface area contributed by atoms with Gasteiger partial charge in [0.05, 0.1) is 31.0 Å². The number of nitrogens with zero attached hydrogens (tertiary/aromatic N) is 1. The number of carbonyl (C=O) groups is 1. The largest absolute Gasteiger partial charge is 0.465 e. The number of benzene rings is 1. The van der Waals surface area contributed by atoms with Gasteiger partial charge in [-0.15, -0.1) is 0 Å². The van der Waals surface area contributed by atoms with Crippen LogP contribution in [0.3, 0.4) is 0 Å². The summed E-state index contributed by atoms with van der Waals surface area (Å²) in [5.41, 5.74) is 1.24. The number of morpholine rings is 1. The van der Waals surface area contributed by atoms with E-state index in [4.69, 9.17) is 21.1 Å². The summed E-state index contributed by atoms with van der Waals surface area (Å²) in [6.45, 7) is 2.83. The molecule has 0 radical (unpaired) electrons. The summed E-state index contributed by atoms with van der Waals surface area (Å²) in [5.74, 6) is -0.405. The molecule has 2 rings (SSSR count). The molecule has 0 atom stereocenters. The summed E-state index contributed by atoms with van der Waals surface area (Å²) in [7, 11) is 1.36. The van der Waals surface area contributed by atoms with Crippen LogP contribution in [0.1, 0.15) is 10.4 Å². The third-order valence-electron chi connectivity index (χ3n) is 2.73. The maximum absolute atomic E-state index is 11.7. The third kappa shape index (κ3) is 2.53. The highest BCUT2D eigenvalue weighted by Gasteiger charge is 2.21. The molecule has 0 N–H and O–H groups in total. The summed E-state index contributed by atoms with van der Waals surface area (Å²) < 4.78 is 10.1. The summed E-state index contributed by atoms with van der Waals surface area (Å²) in [5, 5.41) is 0.417. The fourth-order valence-corrected chi connectivity index (χ4v) is 2.13. The summed E-state index contributed by atoms with van der Waals surface area (Å²) >= 11 is 6.06. The maximum atomic E-state index is 11.7. The molecule has 1 aliphatic heterocycles. The first-order valence-corrected chi connectivity index (χ1v) is 5.81. The van der Waals surface area contributed by atoms with Gasteiger partial charge in [-0.25, -0.2) is 4.79 Å². The summed E-state index contributed by atoms with van der Waals surface area (Å²) in [6, 6.07) is 5.40. The molecule has 0 aliphatic carbocycles. The van der Waals surface area contributed by atoms with Crippen LogP contribution in [0.25, 0.3) is 0 Å². The normalized spacial score (nSPS) is 15.8. The number of anilines is 1. The zero-order chi connectivity index (χ0) is 12.3. The number of halogens is 1. The van der Waals surface area contributed by atoms with E-state index < -0.39 is 5.97 Å². The average Bonchev–Trinajstić information content (AvgIpc) is 2.38. The molecule has 0 amide bonds. The number of carbonyl (C=O) groups excluding carboxylic acids is 1. The molecule has 0 bridgehead atoms. The highest BCUT2D eigenvalue weighted by atomic mass is 35.5. The Hall–Kier alpha value is -1.26. The van der Waals surface area contributed by atoms with Crippen LogP contribution >= 0.6 is 11.6 Å². The number of hydrogen-bond donors (Lipinski definition) is 0. The minimum Gasteiger partial charge on any atom is -0.465 e. The predicted molar refractivity (Wildman–Crippen MR) is 65.8 cm³/mol. The Labute approximate surface area is 105 Å². The van der Waals surface area contributed by atoms with E-state index in [-0.39, 0.29) is 0 Å². The van der Waals surface area contributed by atoms with Crippen LogP contribution in [0.2, 0.25) is 5.02 Å². The van der Waals surface area contributed by atoms with Gasteiger partial charge in [0.1, 0.15) is 5.56 Å². The smallest absolute Gasteiger partial charge is 0.341 e. The lowest BCUT2D eigenvalue weighted by atomic mass is 10.1. The van der Waals surface area contributed by atoms with E-state index in [9.17, 15) is 4.79 Å². The lowest BCUT2D eigenvalue weighted by molar-refractivity contribution is 0.0600. The molecule has 1 aromatic rings. The highest BCUT2D eigenvalue weighted by molar-refractivity contribution is 6.34. The molecule has 1 aliphatic rings. The van der Waals surface area contributed by atoms with E-state index in [1.54, 1.807) is 6.07 Å². The molecule has 1 aromatic carbocycles. The molecule has 1 saturated heterocycles. The van der Waals surface area contributed by atoms with E-state index >= 15 is 0 Å². The third-order valence-corrected chi connectivity index (χ3v) is 3.05. The minimum absolute atomic E-state index is 0.405. The first kappa shape index (κ1) is 12.2. The number of rotatable bonds is 2. The molecule has 4 nitrogen and oxygen atoms in total. The van der Waals surface area contributed by atoms with Crippen LogP contribution in [0.5, 0.6) is 0 Å². The van der Waals surface area contributed by atoms with Gasteiger partial charge < -0.3 is 14.4 Å². The fourth-order valence-electron chi connectivity index (χ4n) is 1.88. The van der Waals surface area contributed by atoms with Crippen molar-refractivity contribution in [1.82, 2.24) is 0 Å². The second-order valence-corrected chi connectivity index (χ2v) is 4.13. The molecule has 17 heavy (non-hydrogen) atoms. The van der Waals surface area contributed by atoms with Gasteiger partial charge >= 0.3 is 5.97 Å². The van der Waals surface area contributed by atoms with E-state index in [1.807, 2.05) is 12.1 Å². The van der Waals surface area contributed by atoms with Crippen molar-refractivity contribution in [3.05, 3.63) is 28.8 Å². The summed E-state index contributed by atoms with van der Waals surface area (Å²) in [6.07, 6.45) is 0. The zero-order valence-corrected chi connectivity index (χ0v) is 10.4. The Balaban J connectivity index is 2.38. The van der Waals surface area contributed by atoms with Gasteiger partial charge in [-0.05, 0) is 12.1 Å². The Morgan fingerprint density at radius 1 is 1.41 bits per heavy atom. The number of hydrogen-bond acceptors (Lipinski definition) is 4. The maximum Gasteiger partial charge on any atom is 0.341 e. The van der Waals surface area contributed by atoms with Crippen molar-refractivity contribution in [2.24, 2.45) is 0 Å². The van der Waals surface area contributed by atoms with Crippen molar-refractivity contribution in [3.8, 4) is 0 Å². The van der Waals surface area contributed by atoms with Gasteiger partial charge in [0.2, 0.25) is 0 Å². The van der Waals surface area contributed by atoms with Crippen LogP contribution in [0.4, 0.5) is 5.69 Å². The van der Waals surface area contributed by atoms with E-state index in [0.29, 0.717) is 23.8 Å². The SMILES string of the molecule is COC(=O)c1c(Cl)cccc1N1CCOCC1. The van der Waals surface area contributed by atoms with Gasteiger partial charge in [0.15, 0.2) is 0 Å². The van der Waals surface area contributed by atoms with Crippen molar-refractivity contribution in [2.45, 2.75) is 0 Å². The molecule has 1 fully saturated rings. The van der Waals surface area contributed by atoms with Gasteiger partial charge in [-0.2, -0.15) is 0 Å². The number of methoxy groups -OCH3 is 1. The number of esters is 1. The molecule has 0 spiro atoms. The van der Waals surface area contributed by atoms with E-state index in [2.05, 4.69) is 4.90 Å². The van der Waals surface area contributed by atoms with Crippen LogP contribution in [0.15, 0.2) is 18.2 Å². The lowest BCUT2D eigenvalue weighted by Gasteiger charge is -2.30. The Bertz CT molecular complexity index is 416. The molecule has 0 aromatic heterocycles. The average molecular weight is 256 g/mol. The monoisotopic (exact) mass is 255 g/mol. The Kier molecular flexibility index (Phi) is 3.86. The molecule has 5 heteroatoms. The quantitative estimate of drug-likeness (QED) is 0.758. The van der Waals surface area contributed by atoms with Crippen molar-refractivity contribution in [1.29, 1.82) is 0 Å². The predicted octanol–water partition coefficient (Wildman–Crippen LogP) is 1.96. The molecule has 1 heterocycles. The first-order chi connectivity index (χ1) is 8.24. The van der Waals surface area contributed by atoms with Gasteiger partial charge in [0, 0.05) is 13.1 Å². The minimum atomic E-state index is -0.405. The van der Waals surface area contributed by atoms with Crippen molar-refractivity contribution in [2.75, 3.05) is 38.3 Å². The molecular weight excluding hydrogens is 242 g/mol. The topological polar surface area (TPSA) is 38.8 Å². The van der Waals surface area contributed by atoms with Crippen LogP contribution in [0, 0.1) is 0 Å². The van der Waals surface area contributed by atoms with Crippen molar-refractivity contribution < 1.29 is 14.3 Å². The van der Waals surface area contributed by atoms with Gasteiger partial charge in [-0.3, -0.25) is 0 Å². The Morgan fingerprint density at radius 3 is 2.76 bits per heavy atom. The van der Waals surface area contributed by atoms with Crippen molar-refractivity contribution in [3.63, 3.8) is 0 Å². The second-order valence-electron chi connectivity index (χ2n) is 3.72. The van der Waals surface area contributed by atoms with Crippen molar-refractivity contribution >= 4 is 23.3 Å². The first-order valence-electron chi connectivity index (χ1n) is 5.43. The summed E-state index contributed by atoms with van der Waals surface area (Å²) in [4.78, 5) is 13.8. The lowest BCUT2D eigenvalue weighted by Crippen LogP contribution is -2.37. The molecule has 0 unspecified atom stereocenters. The standard InChI is InChI=1S/C12H14ClNO3/c1-16-12(15)11-9(13)3-2-4-10(11)14-5-7-17-8-6-14/h2-4H,5-8H2,1H3. The zero-order valence-electron chi connectivity index (χ0n) is 9.61. The molecular formula is C12H14ClNO3. The van der Waals surface area contributed by atoms with E-state index in [1.165, 1.54) is 7.11 Å². The van der Waals surface area contributed by atoms with Gasteiger partial charge in [0.25, 0.3) is 0 Å². The fraction of sp³-hybridized carbons (Fsp3) is 0.417. The van der Waals surface area contributed by atoms with Crippen LogP contribution in [-0.4, -0.2) is 39.4 Å².